The first-order chi connectivity index (χ1) is 8.65. The number of rotatable bonds is 4. The van der Waals surface area contributed by atoms with E-state index < -0.39 is 0 Å². The lowest BCUT2D eigenvalue weighted by molar-refractivity contribution is 0.916. The lowest BCUT2D eigenvalue weighted by Crippen LogP contribution is -2.04. The number of aryl methyl sites for hydroxylation is 2. The number of fused-ring (bicyclic) bond motifs is 1. The van der Waals surface area contributed by atoms with E-state index in [-0.39, 0.29) is 0 Å². The molecular weight excluding hydrogens is 244 g/mol. The van der Waals surface area contributed by atoms with Crippen LogP contribution in [-0.4, -0.2) is 11.5 Å². The summed E-state index contributed by atoms with van der Waals surface area (Å²) in [7, 11) is 0. The predicted molar refractivity (Wildman–Crippen MR) is 79.6 cm³/mol. The van der Waals surface area contributed by atoms with E-state index in [1.54, 1.807) is 0 Å². The van der Waals surface area contributed by atoms with Crippen LogP contribution in [0.5, 0.6) is 0 Å². The van der Waals surface area contributed by atoms with Gasteiger partial charge in [-0.2, -0.15) is 0 Å². The molecule has 1 aromatic carbocycles. The fourth-order valence-corrected chi connectivity index (χ4v) is 2.53. The average molecular weight is 263 g/mol. The van der Waals surface area contributed by atoms with Crippen molar-refractivity contribution in [3.05, 3.63) is 34.3 Å². The maximum Gasteiger partial charge on any atom is 0.129 e. The van der Waals surface area contributed by atoms with Crippen LogP contribution in [0.25, 0.3) is 10.9 Å². The Bertz CT molecular complexity index is 564. The normalized spacial score (nSPS) is 10.9. The molecule has 2 nitrogen and oxygen atoms in total. The van der Waals surface area contributed by atoms with Crippen LogP contribution in [0.15, 0.2) is 18.2 Å². The molecule has 0 aliphatic rings. The van der Waals surface area contributed by atoms with Crippen LogP contribution in [0, 0.1) is 6.92 Å². The molecule has 0 amide bonds. The molecule has 0 saturated heterocycles. The van der Waals surface area contributed by atoms with E-state index in [1.165, 1.54) is 11.1 Å². The van der Waals surface area contributed by atoms with Gasteiger partial charge >= 0.3 is 0 Å². The summed E-state index contributed by atoms with van der Waals surface area (Å²) in [5, 5.41) is 5.18. The van der Waals surface area contributed by atoms with Crippen LogP contribution < -0.4 is 5.32 Å². The number of pyridine rings is 1. The number of hydrogen-bond acceptors (Lipinski definition) is 2. The van der Waals surface area contributed by atoms with Crippen LogP contribution in [0.2, 0.25) is 5.02 Å². The van der Waals surface area contributed by atoms with Crippen molar-refractivity contribution in [1.29, 1.82) is 0 Å². The van der Waals surface area contributed by atoms with Gasteiger partial charge in [0.25, 0.3) is 0 Å². The maximum absolute atomic E-state index is 6.27. The van der Waals surface area contributed by atoms with Gasteiger partial charge in [-0.1, -0.05) is 24.9 Å². The minimum Gasteiger partial charge on any atom is -0.370 e. The minimum atomic E-state index is 0.729. The van der Waals surface area contributed by atoms with E-state index in [9.17, 15) is 0 Å². The molecule has 0 unspecified atom stereocenters. The molecule has 0 fully saturated rings. The predicted octanol–water partition coefficient (Wildman–Crippen LogP) is 4.58. The highest BCUT2D eigenvalue weighted by molar-refractivity contribution is 6.35. The number of halogens is 1. The SMILES string of the molecule is CCCc1cc2cc(C)cc(Cl)c2nc1NCC. The van der Waals surface area contributed by atoms with Crippen molar-refractivity contribution in [2.24, 2.45) is 0 Å². The van der Waals surface area contributed by atoms with Crippen molar-refractivity contribution in [2.75, 3.05) is 11.9 Å². The molecule has 0 bridgehead atoms. The molecule has 1 aromatic heterocycles. The van der Waals surface area contributed by atoms with Gasteiger partial charge in [-0.15, -0.1) is 0 Å². The van der Waals surface area contributed by atoms with Crippen molar-refractivity contribution < 1.29 is 0 Å². The minimum absolute atomic E-state index is 0.729. The summed E-state index contributed by atoms with van der Waals surface area (Å²) >= 11 is 6.27. The van der Waals surface area contributed by atoms with Gasteiger partial charge in [0, 0.05) is 11.9 Å². The molecule has 18 heavy (non-hydrogen) atoms. The summed E-state index contributed by atoms with van der Waals surface area (Å²) in [4.78, 5) is 4.68. The van der Waals surface area contributed by atoms with Gasteiger partial charge in [-0.05, 0) is 49.6 Å². The zero-order chi connectivity index (χ0) is 13.1. The summed E-state index contributed by atoms with van der Waals surface area (Å²) < 4.78 is 0. The summed E-state index contributed by atoms with van der Waals surface area (Å²) in [5.41, 5.74) is 3.33. The van der Waals surface area contributed by atoms with Crippen LogP contribution in [-0.2, 0) is 6.42 Å². The molecule has 0 spiro atoms. The van der Waals surface area contributed by atoms with E-state index in [0.29, 0.717) is 0 Å². The van der Waals surface area contributed by atoms with Crippen LogP contribution >= 0.6 is 11.6 Å². The third kappa shape index (κ3) is 2.59. The van der Waals surface area contributed by atoms with Crippen LogP contribution in [0.1, 0.15) is 31.4 Å². The van der Waals surface area contributed by atoms with Crippen molar-refractivity contribution in [3.8, 4) is 0 Å². The van der Waals surface area contributed by atoms with E-state index in [1.807, 2.05) is 6.07 Å². The first kappa shape index (κ1) is 13.2. The summed E-state index contributed by atoms with van der Waals surface area (Å²) in [6, 6.07) is 6.32. The molecular formula is C15H19ClN2. The third-order valence-corrected chi connectivity index (χ3v) is 3.25. The molecule has 0 aliphatic heterocycles. The molecule has 0 aliphatic carbocycles. The zero-order valence-electron chi connectivity index (χ0n) is 11.2. The van der Waals surface area contributed by atoms with Gasteiger partial charge in [0.2, 0.25) is 0 Å². The Morgan fingerprint density at radius 1 is 1.22 bits per heavy atom. The van der Waals surface area contributed by atoms with Crippen molar-refractivity contribution in [3.63, 3.8) is 0 Å². The largest absolute Gasteiger partial charge is 0.370 e. The van der Waals surface area contributed by atoms with Gasteiger partial charge in [0.1, 0.15) is 5.82 Å². The molecule has 0 saturated carbocycles. The van der Waals surface area contributed by atoms with Gasteiger partial charge in [-0.25, -0.2) is 4.98 Å². The van der Waals surface area contributed by atoms with E-state index in [0.717, 1.165) is 41.1 Å². The molecule has 3 heteroatoms. The number of nitrogens with zero attached hydrogens (tertiary/aromatic N) is 1. The summed E-state index contributed by atoms with van der Waals surface area (Å²) in [6.07, 6.45) is 2.15. The number of anilines is 1. The Morgan fingerprint density at radius 2 is 2.00 bits per heavy atom. The molecule has 2 aromatic rings. The molecule has 0 atom stereocenters. The number of aromatic nitrogens is 1. The number of hydrogen-bond donors (Lipinski definition) is 1. The van der Waals surface area contributed by atoms with Crippen LogP contribution in [0.4, 0.5) is 5.82 Å². The summed E-state index contributed by atoms with van der Waals surface area (Å²) in [6.45, 7) is 7.20. The van der Waals surface area contributed by atoms with E-state index in [4.69, 9.17) is 11.6 Å². The molecule has 2 rings (SSSR count). The lowest BCUT2D eigenvalue weighted by atomic mass is 10.1. The molecule has 0 radical (unpaired) electrons. The fourth-order valence-electron chi connectivity index (χ4n) is 2.21. The standard InChI is InChI=1S/C15H19ClN2/c1-4-6-11-9-12-7-10(3)8-13(16)14(12)18-15(11)17-5-2/h7-9H,4-6H2,1-3H3,(H,17,18). The third-order valence-electron chi connectivity index (χ3n) is 2.96. The Kier molecular flexibility index (Phi) is 4.07. The highest BCUT2D eigenvalue weighted by atomic mass is 35.5. The van der Waals surface area contributed by atoms with Gasteiger partial charge in [0.05, 0.1) is 10.5 Å². The number of benzene rings is 1. The van der Waals surface area contributed by atoms with Crippen LogP contribution in [0.3, 0.4) is 0 Å². The van der Waals surface area contributed by atoms with E-state index in [2.05, 4.69) is 43.2 Å². The Balaban J connectivity index is 2.63. The van der Waals surface area contributed by atoms with E-state index >= 15 is 0 Å². The van der Waals surface area contributed by atoms with Crippen molar-refractivity contribution in [1.82, 2.24) is 4.98 Å². The monoisotopic (exact) mass is 262 g/mol. The first-order valence-electron chi connectivity index (χ1n) is 6.49. The first-order valence-corrected chi connectivity index (χ1v) is 6.87. The smallest absolute Gasteiger partial charge is 0.129 e. The molecule has 1 N–H and O–H groups in total. The van der Waals surface area contributed by atoms with Crippen molar-refractivity contribution >= 4 is 28.3 Å². The maximum atomic E-state index is 6.27. The second-order valence-electron chi connectivity index (χ2n) is 4.59. The average Bonchev–Trinajstić information content (AvgIpc) is 2.31. The topological polar surface area (TPSA) is 24.9 Å². The zero-order valence-corrected chi connectivity index (χ0v) is 11.9. The highest BCUT2D eigenvalue weighted by Crippen LogP contribution is 2.28. The summed E-state index contributed by atoms with van der Waals surface area (Å²) in [5.74, 6) is 0.970. The lowest BCUT2D eigenvalue weighted by Gasteiger charge is -2.12. The molecule has 1 heterocycles. The second-order valence-corrected chi connectivity index (χ2v) is 5.00. The molecule has 96 valence electrons. The van der Waals surface area contributed by atoms with Gasteiger partial charge in [-0.3, -0.25) is 0 Å². The Morgan fingerprint density at radius 3 is 2.67 bits per heavy atom. The van der Waals surface area contributed by atoms with Gasteiger partial charge < -0.3 is 5.32 Å². The fraction of sp³-hybridized carbons (Fsp3) is 0.400. The quantitative estimate of drug-likeness (QED) is 0.872. The number of nitrogens with one attached hydrogen (secondary N) is 1. The highest BCUT2D eigenvalue weighted by Gasteiger charge is 2.08. The van der Waals surface area contributed by atoms with Gasteiger partial charge in [0.15, 0.2) is 0 Å². The van der Waals surface area contributed by atoms with Crippen molar-refractivity contribution in [2.45, 2.75) is 33.6 Å². The Hall–Kier alpha value is -1.28. The second kappa shape index (κ2) is 5.57. The Labute approximate surface area is 113 Å².